The standard InChI is InChI=1S/C33H43N5O7S/c1-23(2)20-37(46(44,45)28-15-13-26(14-16-28)19-35-43)22-30(39)29(18-25-10-6-5-7-11-25)36-32(40)31(24(3)4)38(33(41)42)21-27-12-8-9-17-34-27/h5-17,19,23-24,29-31,39,43H,18,20-22H2,1-4H3,(H,36,40)(H,41,42)/b35-19+/t29-,30+,31-/m0/s1. The second-order valence-corrected chi connectivity index (χ2v) is 13.8. The maximum Gasteiger partial charge on any atom is 0.408 e. The van der Waals surface area contributed by atoms with E-state index < -0.39 is 46.1 Å². The molecular formula is C33H43N5O7S. The van der Waals surface area contributed by atoms with Gasteiger partial charge in [-0.15, -0.1) is 0 Å². The van der Waals surface area contributed by atoms with Crippen LogP contribution in [0.5, 0.6) is 0 Å². The number of benzene rings is 2. The molecule has 46 heavy (non-hydrogen) atoms. The molecule has 13 heteroatoms. The number of rotatable bonds is 16. The molecule has 2 amide bonds. The minimum Gasteiger partial charge on any atom is -0.465 e. The Bertz CT molecular complexity index is 1540. The molecule has 0 saturated heterocycles. The van der Waals surface area contributed by atoms with Gasteiger partial charge in [-0.3, -0.25) is 14.7 Å². The van der Waals surface area contributed by atoms with Gasteiger partial charge in [0, 0.05) is 19.3 Å². The number of carbonyl (C=O) groups excluding carboxylic acids is 1. The lowest BCUT2D eigenvalue weighted by Crippen LogP contribution is -2.57. The monoisotopic (exact) mass is 653 g/mol. The Morgan fingerprint density at radius 2 is 1.61 bits per heavy atom. The fourth-order valence-electron chi connectivity index (χ4n) is 5.13. The number of carbonyl (C=O) groups is 2. The maximum absolute atomic E-state index is 13.9. The predicted octanol–water partition coefficient (Wildman–Crippen LogP) is 3.83. The Morgan fingerprint density at radius 1 is 0.957 bits per heavy atom. The fourth-order valence-corrected chi connectivity index (χ4v) is 6.75. The first-order chi connectivity index (χ1) is 21.8. The minimum absolute atomic E-state index is 0.00872. The van der Waals surface area contributed by atoms with Crippen molar-refractivity contribution in [2.45, 2.75) is 63.7 Å². The number of aliphatic hydroxyl groups is 1. The molecule has 0 unspecified atom stereocenters. The van der Waals surface area contributed by atoms with Gasteiger partial charge in [-0.2, -0.15) is 4.31 Å². The molecule has 0 aliphatic carbocycles. The number of sulfonamides is 1. The summed E-state index contributed by atoms with van der Waals surface area (Å²) in [6.07, 6.45) is 0.220. The normalized spacial score (nSPS) is 14.0. The molecule has 12 nitrogen and oxygen atoms in total. The number of nitrogens with one attached hydrogen (secondary N) is 1. The van der Waals surface area contributed by atoms with Crippen LogP contribution in [-0.2, 0) is 27.8 Å². The molecule has 1 heterocycles. The van der Waals surface area contributed by atoms with Gasteiger partial charge >= 0.3 is 6.09 Å². The van der Waals surface area contributed by atoms with Crippen molar-refractivity contribution in [3.63, 3.8) is 0 Å². The van der Waals surface area contributed by atoms with Crippen LogP contribution in [0.2, 0.25) is 0 Å². The van der Waals surface area contributed by atoms with E-state index >= 15 is 0 Å². The summed E-state index contributed by atoms with van der Waals surface area (Å²) < 4.78 is 28.7. The number of carboxylic acid groups (broad SMARTS) is 1. The molecule has 0 aliphatic heterocycles. The highest BCUT2D eigenvalue weighted by Gasteiger charge is 2.36. The van der Waals surface area contributed by atoms with E-state index in [0.29, 0.717) is 11.3 Å². The third-order valence-electron chi connectivity index (χ3n) is 7.31. The predicted molar refractivity (Wildman–Crippen MR) is 174 cm³/mol. The van der Waals surface area contributed by atoms with Crippen LogP contribution in [-0.4, -0.2) is 87.5 Å². The van der Waals surface area contributed by atoms with E-state index in [-0.39, 0.29) is 36.9 Å². The smallest absolute Gasteiger partial charge is 0.408 e. The molecule has 3 atom stereocenters. The van der Waals surface area contributed by atoms with Crippen molar-refractivity contribution >= 4 is 28.2 Å². The topological polar surface area (TPSA) is 173 Å². The van der Waals surface area contributed by atoms with E-state index in [1.807, 2.05) is 44.2 Å². The summed E-state index contributed by atoms with van der Waals surface area (Å²) >= 11 is 0. The number of aliphatic hydroxyl groups excluding tert-OH is 1. The lowest BCUT2D eigenvalue weighted by atomic mass is 9.97. The highest BCUT2D eigenvalue weighted by atomic mass is 32.2. The van der Waals surface area contributed by atoms with Crippen LogP contribution in [0.4, 0.5) is 4.79 Å². The molecule has 0 spiro atoms. The zero-order valence-corrected chi connectivity index (χ0v) is 27.3. The highest BCUT2D eigenvalue weighted by Crippen LogP contribution is 2.21. The molecular weight excluding hydrogens is 610 g/mol. The van der Waals surface area contributed by atoms with Gasteiger partial charge in [0.1, 0.15) is 6.04 Å². The summed E-state index contributed by atoms with van der Waals surface area (Å²) in [5.74, 6) is -1.15. The minimum atomic E-state index is -4.09. The number of oxime groups is 1. The van der Waals surface area contributed by atoms with Crippen LogP contribution in [0.1, 0.15) is 44.5 Å². The summed E-state index contributed by atoms with van der Waals surface area (Å²) in [5, 5.41) is 36.4. The molecule has 0 saturated carbocycles. The zero-order chi connectivity index (χ0) is 33.9. The van der Waals surface area contributed by atoms with E-state index in [2.05, 4.69) is 15.5 Å². The Morgan fingerprint density at radius 3 is 2.15 bits per heavy atom. The molecule has 0 bridgehead atoms. The van der Waals surface area contributed by atoms with Gasteiger partial charge in [0.25, 0.3) is 0 Å². The maximum atomic E-state index is 13.9. The first-order valence-electron chi connectivity index (χ1n) is 15.0. The number of pyridine rings is 1. The number of aromatic nitrogens is 1. The molecule has 1 aromatic heterocycles. The van der Waals surface area contributed by atoms with Crippen LogP contribution < -0.4 is 5.32 Å². The van der Waals surface area contributed by atoms with E-state index in [0.717, 1.165) is 10.5 Å². The first-order valence-corrected chi connectivity index (χ1v) is 16.5. The number of hydrogen-bond donors (Lipinski definition) is 4. The van der Waals surface area contributed by atoms with Crippen LogP contribution in [0.25, 0.3) is 0 Å². The Hall–Kier alpha value is -4.33. The van der Waals surface area contributed by atoms with Gasteiger partial charge in [-0.25, -0.2) is 13.2 Å². The van der Waals surface area contributed by atoms with Crippen LogP contribution in [0.3, 0.4) is 0 Å². The Kier molecular flexibility index (Phi) is 13.2. The zero-order valence-electron chi connectivity index (χ0n) is 26.5. The first kappa shape index (κ1) is 36.1. The molecule has 0 radical (unpaired) electrons. The molecule has 248 valence electrons. The summed E-state index contributed by atoms with van der Waals surface area (Å²) in [5.41, 5.74) is 1.76. The number of nitrogens with zero attached hydrogens (tertiary/aromatic N) is 4. The van der Waals surface area contributed by atoms with Crippen molar-refractivity contribution in [1.82, 2.24) is 19.5 Å². The van der Waals surface area contributed by atoms with Gasteiger partial charge in [0.05, 0.1) is 35.5 Å². The van der Waals surface area contributed by atoms with Gasteiger partial charge < -0.3 is 20.7 Å². The Labute approximate surface area is 270 Å². The van der Waals surface area contributed by atoms with Crippen LogP contribution >= 0.6 is 0 Å². The van der Waals surface area contributed by atoms with Crippen molar-refractivity contribution in [1.29, 1.82) is 0 Å². The van der Waals surface area contributed by atoms with E-state index in [1.54, 1.807) is 38.2 Å². The third kappa shape index (κ3) is 10.1. The third-order valence-corrected chi connectivity index (χ3v) is 9.16. The molecule has 4 N–H and O–H groups in total. The van der Waals surface area contributed by atoms with E-state index in [4.69, 9.17) is 5.21 Å². The summed E-state index contributed by atoms with van der Waals surface area (Å²) in [6, 6.07) is 17.9. The van der Waals surface area contributed by atoms with Crippen molar-refractivity contribution in [2.75, 3.05) is 13.1 Å². The van der Waals surface area contributed by atoms with Crippen molar-refractivity contribution in [3.05, 3.63) is 95.8 Å². The summed E-state index contributed by atoms with van der Waals surface area (Å²) in [6.45, 7) is 6.81. The number of hydrogen-bond acceptors (Lipinski definition) is 8. The fraction of sp³-hybridized carbons (Fsp3) is 0.394. The van der Waals surface area contributed by atoms with Gasteiger partial charge in [-0.1, -0.05) is 81.4 Å². The second kappa shape index (κ2) is 16.8. The van der Waals surface area contributed by atoms with Gasteiger partial charge in [0.15, 0.2) is 0 Å². The van der Waals surface area contributed by atoms with Gasteiger partial charge in [0.2, 0.25) is 15.9 Å². The SMILES string of the molecule is CC(C)CN(C[C@@H](O)[C@H](Cc1ccccc1)NC(=O)[C@H](C(C)C)N(Cc1ccccn1)C(=O)O)S(=O)(=O)c1ccc(/C=N/O)cc1. The quantitative estimate of drug-likeness (QED) is 0.103. The molecule has 2 aromatic carbocycles. The lowest BCUT2D eigenvalue weighted by molar-refractivity contribution is -0.129. The molecule has 3 rings (SSSR count). The van der Waals surface area contributed by atoms with Gasteiger partial charge in [-0.05, 0) is 53.6 Å². The van der Waals surface area contributed by atoms with E-state index in [1.165, 1.54) is 34.8 Å². The second-order valence-electron chi connectivity index (χ2n) is 11.8. The van der Waals surface area contributed by atoms with Crippen molar-refractivity contribution in [2.24, 2.45) is 17.0 Å². The lowest BCUT2D eigenvalue weighted by Gasteiger charge is -2.34. The summed E-state index contributed by atoms with van der Waals surface area (Å²) in [7, 11) is -4.09. The van der Waals surface area contributed by atoms with Crippen LogP contribution in [0.15, 0.2) is 89.0 Å². The number of amides is 2. The van der Waals surface area contributed by atoms with Crippen LogP contribution in [0, 0.1) is 11.8 Å². The average molecular weight is 654 g/mol. The molecule has 0 aliphatic rings. The summed E-state index contributed by atoms with van der Waals surface area (Å²) in [4.78, 5) is 31.5. The molecule has 0 fully saturated rings. The average Bonchev–Trinajstić information content (AvgIpc) is 3.01. The largest absolute Gasteiger partial charge is 0.465 e. The Balaban J connectivity index is 1.94. The van der Waals surface area contributed by atoms with Crippen molar-refractivity contribution < 1.29 is 33.4 Å². The van der Waals surface area contributed by atoms with Crippen molar-refractivity contribution in [3.8, 4) is 0 Å². The highest BCUT2D eigenvalue weighted by molar-refractivity contribution is 7.89. The molecule has 3 aromatic rings. The van der Waals surface area contributed by atoms with E-state index in [9.17, 15) is 28.2 Å².